The SMILES string of the molecule is Cc1nc(CN2CCCC(C(C)CC(=O)O)C2)no1. The van der Waals surface area contributed by atoms with Gasteiger partial charge in [-0.25, -0.2) is 0 Å². The molecule has 0 amide bonds. The van der Waals surface area contributed by atoms with Crippen LogP contribution in [0.25, 0.3) is 0 Å². The van der Waals surface area contributed by atoms with E-state index in [2.05, 4.69) is 15.0 Å². The van der Waals surface area contributed by atoms with E-state index < -0.39 is 5.97 Å². The van der Waals surface area contributed by atoms with Crippen LogP contribution in [0.2, 0.25) is 0 Å². The minimum absolute atomic E-state index is 0.215. The number of carboxylic acid groups (broad SMARTS) is 1. The van der Waals surface area contributed by atoms with E-state index in [1.54, 1.807) is 6.92 Å². The summed E-state index contributed by atoms with van der Waals surface area (Å²) in [6.07, 6.45) is 2.46. The Morgan fingerprint density at radius 1 is 1.63 bits per heavy atom. The molecule has 0 bridgehead atoms. The van der Waals surface area contributed by atoms with Gasteiger partial charge in [-0.3, -0.25) is 9.69 Å². The Kier molecular flexibility index (Phi) is 4.52. The van der Waals surface area contributed by atoms with Crippen LogP contribution < -0.4 is 0 Å². The first-order valence-electron chi connectivity index (χ1n) is 6.78. The fraction of sp³-hybridized carbons (Fsp3) is 0.769. The van der Waals surface area contributed by atoms with Gasteiger partial charge in [0.2, 0.25) is 5.89 Å². The molecule has 1 aromatic rings. The molecule has 6 nitrogen and oxygen atoms in total. The molecule has 1 fully saturated rings. The minimum atomic E-state index is -0.710. The fourth-order valence-electron chi connectivity index (χ4n) is 2.75. The molecular formula is C13H21N3O3. The minimum Gasteiger partial charge on any atom is -0.481 e. The summed E-state index contributed by atoms with van der Waals surface area (Å²) in [7, 11) is 0. The van der Waals surface area contributed by atoms with Crippen LogP contribution in [0.15, 0.2) is 4.52 Å². The molecule has 0 saturated carbocycles. The quantitative estimate of drug-likeness (QED) is 0.874. The van der Waals surface area contributed by atoms with Crippen LogP contribution in [-0.2, 0) is 11.3 Å². The van der Waals surface area contributed by atoms with E-state index in [-0.39, 0.29) is 12.3 Å². The molecule has 1 aliphatic heterocycles. The smallest absolute Gasteiger partial charge is 0.303 e. The van der Waals surface area contributed by atoms with E-state index in [4.69, 9.17) is 9.63 Å². The number of hydrogen-bond donors (Lipinski definition) is 1. The zero-order chi connectivity index (χ0) is 13.8. The lowest BCUT2D eigenvalue weighted by molar-refractivity contribution is -0.138. The van der Waals surface area contributed by atoms with Crippen molar-refractivity contribution in [3.05, 3.63) is 11.7 Å². The summed E-state index contributed by atoms with van der Waals surface area (Å²) in [5.41, 5.74) is 0. The van der Waals surface area contributed by atoms with Gasteiger partial charge in [-0.2, -0.15) is 4.98 Å². The van der Waals surface area contributed by atoms with Gasteiger partial charge in [-0.15, -0.1) is 0 Å². The number of aryl methyl sites for hydroxylation is 1. The van der Waals surface area contributed by atoms with Crippen LogP contribution in [-0.4, -0.2) is 39.2 Å². The van der Waals surface area contributed by atoms with Crippen LogP contribution in [0.3, 0.4) is 0 Å². The van der Waals surface area contributed by atoms with Crippen molar-refractivity contribution in [3.8, 4) is 0 Å². The van der Waals surface area contributed by atoms with E-state index in [1.807, 2.05) is 6.92 Å². The van der Waals surface area contributed by atoms with Crippen LogP contribution in [0.5, 0.6) is 0 Å². The molecule has 1 N–H and O–H groups in total. The van der Waals surface area contributed by atoms with Gasteiger partial charge in [-0.05, 0) is 31.2 Å². The molecule has 0 aliphatic carbocycles. The predicted molar refractivity (Wildman–Crippen MR) is 68.5 cm³/mol. The Labute approximate surface area is 112 Å². The lowest BCUT2D eigenvalue weighted by atomic mass is 9.84. The maximum absolute atomic E-state index is 10.8. The first-order valence-corrected chi connectivity index (χ1v) is 6.78. The predicted octanol–water partition coefficient (Wildman–Crippen LogP) is 1.70. The standard InChI is InChI=1S/C13H21N3O3/c1-9(6-13(17)18)11-4-3-5-16(7-11)8-12-14-10(2)19-15-12/h9,11H,3-8H2,1-2H3,(H,17,18). The molecule has 0 aromatic carbocycles. The van der Waals surface area contributed by atoms with Gasteiger partial charge >= 0.3 is 5.97 Å². The summed E-state index contributed by atoms with van der Waals surface area (Å²) < 4.78 is 4.97. The van der Waals surface area contributed by atoms with Crippen molar-refractivity contribution in [1.82, 2.24) is 15.0 Å². The van der Waals surface area contributed by atoms with E-state index in [0.29, 0.717) is 24.2 Å². The summed E-state index contributed by atoms with van der Waals surface area (Å²) in [6, 6.07) is 0. The van der Waals surface area contributed by atoms with Gasteiger partial charge in [-0.1, -0.05) is 12.1 Å². The fourth-order valence-corrected chi connectivity index (χ4v) is 2.75. The van der Waals surface area contributed by atoms with Crippen molar-refractivity contribution in [3.63, 3.8) is 0 Å². The number of likely N-dealkylation sites (tertiary alicyclic amines) is 1. The Balaban J connectivity index is 1.88. The van der Waals surface area contributed by atoms with Gasteiger partial charge < -0.3 is 9.63 Å². The molecule has 1 aromatic heterocycles. The zero-order valence-corrected chi connectivity index (χ0v) is 11.5. The van der Waals surface area contributed by atoms with Crippen molar-refractivity contribution in [2.24, 2.45) is 11.8 Å². The first-order chi connectivity index (χ1) is 9.04. The molecule has 0 radical (unpaired) electrons. The number of rotatable bonds is 5. The number of nitrogens with zero attached hydrogens (tertiary/aromatic N) is 3. The second-order valence-electron chi connectivity index (χ2n) is 5.44. The van der Waals surface area contributed by atoms with E-state index in [9.17, 15) is 4.79 Å². The van der Waals surface area contributed by atoms with Crippen molar-refractivity contribution < 1.29 is 14.4 Å². The summed E-state index contributed by atoms with van der Waals surface area (Å²) >= 11 is 0. The van der Waals surface area contributed by atoms with Gasteiger partial charge in [0.25, 0.3) is 0 Å². The molecule has 2 rings (SSSR count). The van der Waals surface area contributed by atoms with Crippen molar-refractivity contribution >= 4 is 5.97 Å². The molecule has 0 spiro atoms. The monoisotopic (exact) mass is 267 g/mol. The van der Waals surface area contributed by atoms with E-state index in [1.165, 1.54) is 0 Å². The summed E-state index contributed by atoms with van der Waals surface area (Å²) in [4.78, 5) is 17.3. The average molecular weight is 267 g/mol. The molecule has 2 atom stereocenters. The Bertz CT molecular complexity index is 433. The van der Waals surface area contributed by atoms with E-state index in [0.717, 1.165) is 25.9 Å². The summed E-state index contributed by atoms with van der Waals surface area (Å²) in [6.45, 7) is 6.44. The van der Waals surface area contributed by atoms with Crippen LogP contribution in [0, 0.1) is 18.8 Å². The highest BCUT2D eigenvalue weighted by atomic mass is 16.5. The number of aliphatic carboxylic acids is 1. The molecule has 2 heterocycles. The topological polar surface area (TPSA) is 79.5 Å². The number of hydrogen-bond acceptors (Lipinski definition) is 5. The average Bonchev–Trinajstić information content (AvgIpc) is 2.74. The van der Waals surface area contributed by atoms with Crippen molar-refractivity contribution in [1.29, 1.82) is 0 Å². The number of carbonyl (C=O) groups is 1. The Hall–Kier alpha value is -1.43. The van der Waals surface area contributed by atoms with Gasteiger partial charge in [0.1, 0.15) is 0 Å². The largest absolute Gasteiger partial charge is 0.481 e. The van der Waals surface area contributed by atoms with Gasteiger partial charge in [0, 0.05) is 19.9 Å². The van der Waals surface area contributed by atoms with E-state index >= 15 is 0 Å². The highest BCUT2D eigenvalue weighted by Crippen LogP contribution is 2.26. The van der Waals surface area contributed by atoms with Crippen molar-refractivity contribution in [2.45, 2.75) is 39.7 Å². The maximum atomic E-state index is 10.8. The van der Waals surface area contributed by atoms with Gasteiger partial charge in [0.05, 0.1) is 6.54 Å². The zero-order valence-electron chi connectivity index (χ0n) is 11.5. The lowest BCUT2D eigenvalue weighted by Gasteiger charge is -2.34. The highest BCUT2D eigenvalue weighted by Gasteiger charge is 2.26. The Morgan fingerprint density at radius 3 is 3.05 bits per heavy atom. The first kappa shape index (κ1) is 14.0. The second-order valence-corrected chi connectivity index (χ2v) is 5.44. The highest BCUT2D eigenvalue weighted by molar-refractivity contribution is 5.67. The van der Waals surface area contributed by atoms with Crippen molar-refractivity contribution in [2.75, 3.05) is 13.1 Å². The van der Waals surface area contributed by atoms with Gasteiger partial charge in [0.15, 0.2) is 5.82 Å². The number of piperidine rings is 1. The molecule has 6 heteroatoms. The molecule has 106 valence electrons. The lowest BCUT2D eigenvalue weighted by Crippen LogP contribution is -2.38. The van der Waals surface area contributed by atoms with Crippen LogP contribution in [0.4, 0.5) is 0 Å². The molecule has 2 unspecified atom stereocenters. The number of carboxylic acids is 1. The normalized spacial score (nSPS) is 22.3. The third-order valence-electron chi connectivity index (χ3n) is 3.78. The Morgan fingerprint density at radius 2 is 2.42 bits per heavy atom. The molecule has 19 heavy (non-hydrogen) atoms. The molecule has 1 saturated heterocycles. The third kappa shape index (κ3) is 4.02. The summed E-state index contributed by atoms with van der Waals surface area (Å²) in [5, 5.41) is 12.8. The summed E-state index contributed by atoms with van der Waals surface area (Å²) in [5.74, 6) is 1.25. The number of aromatic nitrogens is 2. The third-order valence-corrected chi connectivity index (χ3v) is 3.78. The second kappa shape index (κ2) is 6.14. The van der Waals surface area contributed by atoms with Crippen LogP contribution >= 0.6 is 0 Å². The molecule has 1 aliphatic rings. The van der Waals surface area contributed by atoms with Crippen LogP contribution in [0.1, 0.15) is 37.9 Å². The molecular weight excluding hydrogens is 246 g/mol. The maximum Gasteiger partial charge on any atom is 0.303 e.